The third kappa shape index (κ3) is 58.2. The Morgan fingerprint density at radius 2 is 0.770 bits per heavy atom. The average molecular weight is 1060 g/mol. The van der Waals surface area contributed by atoms with Crippen molar-refractivity contribution in [2.24, 2.45) is 0 Å². The summed E-state index contributed by atoms with van der Waals surface area (Å²) in [6.45, 7) is 4.31. The van der Waals surface area contributed by atoms with Crippen LogP contribution in [0.2, 0.25) is 0 Å². The van der Waals surface area contributed by atoms with Crippen LogP contribution in [0.15, 0.2) is 97.2 Å². The first kappa shape index (κ1) is 70.9. The van der Waals surface area contributed by atoms with E-state index in [9.17, 15) is 19.0 Å². The summed E-state index contributed by atoms with van der Waals surface area (Å²) >= 11 is 0. The first-order valence-corrected chi connectivity index (χ1v) is 31.5. The Balaban J connectivity index is 4.18. The summed E-state index contributed by atoms with van der Waals surface area (Å²) in [5.74, 6) is -0.808. The minimum Gasteiger partial charge on any atom is -0.462 e. The molecule has 10 heteroatoms. The zero-order chi connectivity index (χ0) is 54.2. The van der Waals surface area contributed by atoms with Crippen LogP contribution >= 0.6 is 7.82 Å². The van der Waals surface area contributed by atoms with Crippen LogP contribution in [-0.4, -0.2) is 74.9 Å². The Bertz CT molecular complexity index is 1570. The van der Waals surface area contributed by atoms with Gasteiger partial charge in [0.25, 0.3) is 0 Å². The van der Waals surface area contributed by atoms with Gasteiger partial charge in [0, 0.05) is 12.8 Å². The van der Waals surface area contributed by atoms with E-state index in [0.717, 1.165) is 89.9 Å². The maximum absolute atomic E-state index is 12.8. The molecule has 9 nitrogen and oxygen atoms in total. The van der Waals surface area contributed by atoms with Crippen molar-refractivity contribution in [1.29, 1.82) is 0 Å². The number of unbranched alkanes of at least 4 members (excludes halogenated alkanes) is 24. The molecule has 0 aromatic heterocycles. The third-order valence-electron chi connectivity index (χ3n) is 12.6. The van der Waals surface area contributed by atoms with Crippen molar-refractivity contribution >= 4 is 19.8 Å². The van der Waals surface area contributed by atoms with Crippen molar-refractivity contribution in [3.05, 3.63) is 97.2 Å². The van der Waals surface area contributed by atoms with E-state index in [1.165, 1.54) is 122 Å². The molecule has 0 radical (unpaired) electrons. The molecule has 0 spiro atoms. The number of likely N-dealkylation sites (N-methyl/N-ethyl adjacent to an activating group) is 1. The van der Waals surface area contributed by atoms with Crippen LogP contribution in [0.5, 0.6) is 0 Å². The molecule has 0 aromatic rings. The molecule has 0 rings (SSSR count). The lowest BCUT2D eigenvalue weighted by atomic mass is 10.0. The standard InChI is InChI=1S/C64H112NO8P/c1-6-8-10-12-14-16-18-20-22-24-26-28-29-30-31-32-33-34-35-37-39-41-43-45-47-49-51-53-55-57-64(67)73-62(61-72-74(68,69)71-59-58-65(3,4)5)60-70-63(66)56-54-52-50-48-46-44-42-40-38-36-27-25-23-21-19-17-15-13-11-9-7-2/h8,10,14,16,19-22,25-28,30-31,33-34,62H,6-7,9,11-13,15,17-18,23-24,29,32,35-61H2,1-5H3/p+1/b10-8-,16-14-,21-19-,22-20-,27-25-,28-26-,31-30-,34-33-. The Morgan fingerprint density at radius 3 is 1.15 bits per heavy atom. The highest BCUT2D eigenvalue weighted by Crippen LogP contribution is 2.43. The molecule has 0 saturated carbocycles. The topological polar surface area (TPSA) is 108 Å². The van der Waals surface area contributed by atoms with Gasteiger partial charge in [-0.15, -0.1) is 0 Å². The number of hydrogen-bond acceptors (Lipinski definition) is 7. The molecule has 0 amide bonds. The smallest absolute Gasteiger partial charge is 0.462 e. The molecule has 0 fully saturated rings. The van der Waals surface area contributed by atoms with Gasteiger partial charge in [-0.25, -0.2) is 4.57 Å². The third-order valence-corrected chi connectivity index (χ3v) is 13.6. The Hall–Kier alpha value is -3.07. The SMILES string of the molecule is CC/C=C\C/C=C\C/C=C\C/C=C\C/C=C\C/C=C\CCCCCCCCCCCCC(=O)OC(COC(=O)CCCCCCCCCCC/C=C\C/C=C\CCCCCCC)COP(=O)(O)OCC[N+](C)(C)C. The van der Waals surface area contributed by atoms with E-state index in [-0.39, 0.29) is 32.0 Å². The predicted octanol–water partition coefficient (Wildman–Crippen LogP) is 18.8. The summed E-state index contributed by atoms with van der Waals surface area (Å²) in [6.07, 6.45) is 74.7. The van der Waals surface area contributed by atoms with Crippen LogP contribution in [0.4, 0.5) is 0 Å². The van der Waals surface area contributed by atoms with Crippen LogP contribution < -0.4 is 0 Å². The summed E-state index contributed by atoms with van der Waals surface area (Å²) < 4.78 is 34.6. The molecule has 2 atom stereocenters. The fourth-order valence-corrected chi connectivity index (χ4v) is 8.73. The van der Waals surface area contributed by atoms with E-state index in [0.29, 0.717) is 17.4 Å². The number of rotatable bonds is 54. The largest absolute Gasteiger partial charge is 0.472 e. The minimum absolute atomic E-state index is 0.0259. The predicted molar refractivity (Wildman–Crippen MR) is 316 cm³/mol. The van der Waals surface area contributed by atoms with E-state index in [4.69, 9.17) is 18.5 Å². The van der Waals surface area contributed by atoms with Gasteiger partial charge in [0.05, 0.1) is 27.7 Å². The number of phosphoric acid groups is 1. The van der Waals surface area contributed by atoms with Crippen LogP contribution in [0.1, 0.15) is 245 Å². The lowest BCUT2D eigenvalue weighted by Gasteiger charge is -2.24. The van der Waals surface area contributed by atoms with Crippen molar-refractivity contribution in [3.8, 4) is 0 Å². The molecular weight excluding hydrogens is 942 g/mol. The zero-order valence-electron chi connectivity index (χ0n) is 48.3. The number of hydrogen-bond donors (Lipinski definition) is 1. The molecule has 0 heterocycles. The van der Waals surface area contributed by atoms with Crippen LogP contribution in [0.3, 0.4) is 0 Å². The average Bonchev–Trinajstić information content (AvgIpc) is 3.36. The highest BCUT2D eigenvalue weighted by atomic mass is 31.2. The fourth-order valence-electron chi connectivity index (χ4n) is 7.99. The summed E-state index contributed by atoms with van der Waals surface area (Å²) in [5, 5.41) is 0. The van der Waals surface area contributed by atoms with Gasteiger partial charge < -0.3 is 18.9 Å². The lowest BCUT2D eigenvalue weighted by molar-refractivity contribution is -0.870. The van der Waals surface area contributed by atoms with E-state index in [2.05, 4.69) is 111 Å². The number of esters is 2. The van der Waals surface area contributed by atoms with Crippen molar-refractivity contribution in [3.63, 3.8) is 0 Å². The summed E-state index contributed by atoms with van der Waals surface area (Å²) in [4.78, 5) is 35.7. The number of carbonyl (C=O) groups excluding carboxylic acids is 2. The first-order chi connectivity index (χ1) is 36.0. The van der Waals surface area contributed by atoms with Gasteiger partial charge in [-0.05, 0) is 96.3 Å². The van der Waals surface area contributed by atoms with Gasteiger partial charge in [-0.3, -0.25) is 18.6 Å². The molecule has 426 valence electrons. The second-order valence-electron chi connectivity index (χ2n) is 21.0. The summed E-state index contributed by atoms with van der Waals surface area (Å²) in [7, 11) is 1.46. The van der Waals surface area contributed by atoms with Gasteiger partial charge in [0.15, 0.2) is 6.10 Å². The second kappa shape index (κ2) is 54.7. The fraction of sp³-hybridized carbons (Fsp3) is 0.719. The van der Waals surface area contributed by atoms with Crippen LogP contribution in [0.25, 0.3) is 0 Å². The molecule has 0 saturated heterocycles. The molecule has 0 bridgehead atoms. The second-order valence-corrected chi connectivity index (χ2v) is 22.5. The number of allylic oxidation sites excluding steroid dienone is 16. The van der Waals surface area contributed by atoms with E-state index in [1.807, 2.05) is 21.1 Å². The quantitative estimate of drug-likeness (QED) is 0.0211. The molecule has 0 aliphatic rings. The molecule has 1 N–H and O–H groups in total. The lowest BCUT2D eigenvalue weighted by Crippen LogP contribution is -2.37. The van der Waals surface area contributed by atoms with Gasteiger partial charge in [-0.1, -0.05) is 233 Å². The van der Waals surface area contributed by atoms with Crippen molar-refractivity contribution in [2.45, 2.75) is 251 Å². The highest BCUT2D eigenvalue weighted by molar-refractivity contribution is 7.47. The number of carbonyl (C=O) groups is 2. The maximum atomic E-state index is 12.8. The van der Waals surface area contributed by atoms with Crippen molar-refractivity contribution < 1.29 is 42.1 Å². The molecule has 74 heavy (non-hydrogen) atoms. The maximum Gasteiger partial charge on any atom is 0.472 e. The van der Waals surface area contributed by atoms with Crippen LogP contribution in [0, 0.1) is 0 Å². The molecule has 0 aliphatic heterocycles. The van der Waals surface area contributed by atoms with E-state index in [1.54, 1.807) is 0 Å². The Labute approximate surface area is 455 Å². The number of ether oxygens (including phenoxy) is 2. The first-order valence-electron chi connectivity index (χ1n) is 30.0. The van der Waals surface area contributed by atoms with Crippen molar-refractivity contribution in [2.75, 3.05) is 47.5 Å². The number of phosphoric ester groups is 1. The summed E-state index contributed by atoms with van der Waals surface area (Å²) in [5.41, 5.74) is 0. The number of quaternary nitrogens is 1. The highest BCUT2D eigenvalue weighted by Gasteiger charge is 2.27. The Kier molecular flexibility index (Phi) is 52.4. The monoisotopic (exact) mass is 1050 g/mol. The molecule has 0 aromatic carbocycles. The van der Waals surface area contributed by atoms with Gasteiger partial charge in [-0.2, -0.15) is 0 Å². The normalized spacial score (nSPS) is 14.0. The van der Waals surface area contributed by atoms with E-state index >= 15 is 0 Å². The van der Waals surface area contributed by atoms with E-state index < -0.39 is 26.5 Å². The Morgan fingerprint density at radius 1 is 0.432 bits per heavy atom. The zero-order valence-corrected chi connectivity index (χ0v) is 49.2. The summed E-state index contributed by atoms with van der Waals surface area (Å²) in [6, 6.07) is 0. The van der Waals surface area contributed by atoms with Gasteiger partial charge >= 0.3 is 19.8 Å². The molecular formula is C64H113NO8P+. The molecule has 2 unspecified atom stereocenters. The minimum atomic E-state index is -4.39. The van der Waals surface area contributed by atoms with Crippen LogP contribution in [-0.2, 0) is 32.7 Å². The van der Waals surface area contributed by atoms with Gasteiger partial charge in [0.2, 0.25) is 0 Å². The van der Waals surface area contributed by atoms with Gasteiger partial charge in [0.1, 0.15) is 19.8 Å². The molecule has 0 aliphatic carbocycles. The van der Waals surface area contributed by atoms with Crippen molar-refractivity contribution in [1.82, 2.24) is 0 Å². The number of nitrogens with zero attached hydrogens (tertiary/aromatic N) is 1.